The van der Waals surface area contributed by atoms with Gasteiger partial charge in [0.1, 0.15) is 5.60 Å². The molecule has 0 bridgehead atoms. The van der Waals surface area contributed by atoms with Crippen LogP contribution >= 0.6 is 23.2 Å². The Morgan fingerprint density at radius 1 is 1.03 bits per heavy atom. The zero-order valence-electron chi connectivity index (χ0n) is 18.8. The maximum absolute atomic E-state index is 13.5. The van der Waals surface area contributed by atoms with Crippen molar-refractivity contribution >= 4 is 40.1 Å². The summed E-state index contributed by atoms with van der Waals surface area (Å²) in [7, 11) is 0. The van der Waals surface area contributed by atoms with E-state index in [0.29, 0.717) is 68.1 Å². The van der Waals surface area contributed by atoms with Crippen LogP contribution in [0.3, 0.4) is 0 Å². The van der Waals surface area contributed by atoms with Gasteiger partial charge in [0, 0.05) is 47.9 Å². The number of para-hydroxylation sites is 1. The second-order valence-corrected chi connectivity index (χ2v) is 9.68. The number of hydrogen-bond acceptors (Lipinski definition) is 6. The number of rotatable bonds is 6. The predicted molar refractivity (Wildman–Crippen MR) is 131 cm³/mol. The average molecular weight is 504 g/mol. The van der Waals surface area contributed by atoms with E-state index in [2.05, 4.69) is 10.00 Å². The molecule has 0 unspecified atom stereocenters. The van der Waals surface area contributed by atoms with E-state index in [-0.39, 0.29) is 0 Å². The Kier molecular flexibility index (Phi) is 7.09. The molecule has 0 atom stereocenters. The van der Waals surface area contributed by atoms with Crippen LogP contribution in [0.1, 0.15) is 28.9 Å². The van der Waals surface area contributed by atoms with Gasteiger partial charge in [-0.1, -0.05) is 47.5 Å². The van der Waals surface area contributed by atoms with E-state index in [1.807, 2.05) is 30.3 Å². The smallest absolute Gasteiger partial charge is 0.360 e. The van der Waals surface area contributed by atoms with E-state index in [1.54, 1.807) is 16.8 Å². The number of nitrogens with zero attached hydrogens (tertiary/aromatic N) is 3. The Bertz CT molecular complexity index is 1170. The molecular weight excluding hydrogens is 477 g/mol. The first kappa shape index (κ1) is 23.6. The number of aromatic nitrogens is 2. The second kappa shape index (κ2) is 10.2. The average Bonchev–Trinajstić information content (AvgIpc) is 3.21. The van der Waals surface area contributed by atoms with Crippen molar-refractivity contribution in [3.8, 4) is 0 Å². The number of morpholine rings is 1. The van der Waals surface area contributed by atoms with E-state index in [9.17, 15) is 4.79 Å². The van der Waals surface area contributed by atoms with Gasteiger partial charge in [0.15, 0.2) is 5.69 Å². The summed E-state index contributed by atoms with van der Waals surface area (Å²) in [5, 5.41) is 6.57. The van der Waals surface area contributed by atoms with Gasteiger partial charge in [0.05, 0.1) is 38.5 Å². The first-order valence-corrected chi connectivity index (χ1v) is 12.3. The number of benzene rings is 2. The lowest BCUT2D eigenvalue weighted by Gasteiger charge is -2.41. The molecule has 0 radical (unpaired) electrons. The van der Waals surface area contributed by atoms with Crippen molar-refractivity contribution in [1.29, 1.82) is 0 Å². The molecule has 3 heterocycles. The van der Waals surface area contributed by atoms with Crippen LogP contribution in [0.2, 0.25) is 10.0 Å². The fourth-order valence-corrected chi connectivity index (χ4v) is 5.13. The lowest BCUT2D eigenvalue weighted by Crippen LogP contribution is -2.52. The van der Waals surface area contributed by atoms with Gasteiger partial charge in [0.25, 0.3) is 0 Å². The largest absolute Gasteiger partial charge is 0.453 e. The molecule has 180 valence electrons. The second-order valence-electron chi connectivity index (χ2n) is 8.83. The number of esters is 1. The van der Waals surface area contributed by atoms with Crippen molar-refractivity contribution in [3.63, 3.8) is 0 Å². The lowest BCUT2D eigenvalue weighted by atomic mass is 9.93. The van der Waals surface area contributed by atoms with E-state index in [1.165, 1.54) is 0 Å². The highest BCUT2D eigenvalue weighted by Gasteiger charge is 2.39. The number of carbonyl (C=O) groups excluding carboxylic acids is 1. The Hall–Kier alpha value is -2.16. The predicted octanol–water partition coefficient (Wildman–Crippen LogP) is 4.43. The van der Waals surface area contributed by atoms with Gasteiger partial charge in [-0.25, -0.2) is 4.79 Å². The van der Waals surface area contributed by atoms with Gasteiger partial charge >= 0.3 is 5.97 Å². The van der Waals surface area contributed by atoms with Crippen molar-refractivity contribution < 1.29 is 19.0 Å². The highest BCUT2D eigenvalue weighted by Crippen LogP contribution is 2.30. The zero-order valence-corrected chi connectivity index (χ0v) is 20.4. The Morgan fingerprint density at radius 2 is 1.76 bits per heavy atom. The molecule has 1 aromatic heterocycles. The summed E-state index contributed by atoms with van der Waals surface area (Å²) < 4.78 is 19.1. The fraction of sp³-hybridized carbons (Fsp3) is 0.440. The molecule has 0 saturated carbocycles. The number of halogens is 2. The standard InChI is InChI=1S/C25H27Cl2N3O4/c26-19-6-5-18(21(27)15-19)16-30-22-4-2-1-3-20(22)23(28-30)24(31)34-25(7-11-32-12-8-25)17-29-9-13-33-14-10-29/h1-6,15H,7-14,16-17H2. The monoisotopic (exact) mass is 503 g/mol. The maximum atomic E-state index is 13.5. The maximum Gasteiger partial charge on any atom is 0.360 e. The third kappa shape index (κ3) is 5.09. The van der Waals surface area contributed by atoms with Crippen LogP contribution in [0.15, 0.2) is 42.5 Å². The van der Waals surface area contributed by atoms with Gasteiger partial charge < -0.3 is 14.2 Å². The molecule has 0 N–H and O–H groups in total. The molecular formula is C25H27Cl2N3O4. The summed E-state index contributed by atoms with van der Waals surface area (Å²) in [5.41, 5.74) is 1.42. The van der Waals surface area contributed by atoms with Crippen LogP contribution in [0.5, 0.6) is 0 Å². The minimum atomic E-state index is -0.600. The van der Waals surface area contributed by atoms with Crippen LogP contribution in [-0.4, -0.2) is 72.3 Å². The van der Waals surface area contributed by atoms with E-state index >= 15 is 0 Å². The van der Waals surface area contributed by atoms with Crippen LogP contribution in [0.4, 0.5) is 0 Å². The van der Waals surface area contributed by atoms with Gasteiger partial charge in [0.2, 0.25) is 0 Å². The normalized spacial score (nSPS) is 18.8. The van der Waals surface area contributed by atoms with Gasteiger partial charge in [-0.15, -0.1) is 0 Å². The minimum Gasteiger partial charge on any atom is -0.453 e. The van der Waals surface area contributed by atoms with Crippen LogP contribution in [0.25, 0.3) is 10.9 Å². The highest BCUT2D eigenvalue weighted by atomic mass is 35.5. The Balaban J connectivity index is 1.43. The van der Waals surface area contributed by atoms with Gasteiger partial charge in [-0.2, -0.15) is 5.10 Å². The quantitative estimate of drug-likeness (QED) is 0.463. The molecule has 9 heteroatoms. The van der Waals surface area contributed by atoms with Crippen LogP contribution in [0, 0.1) is 0 Å². The molecule has 2 aliphatic rings. The summed E-state index contributed by atoms with van der Waals surface area (Å²) in [6.07, 6.45) is 1.32. The van der Waals surface area contributed by atoms with Crippen LogP contribution < -0.4 is 0 Å². The molecule has 5 rings (SSSR count). The first-order chi connectivity index (χ1) is 16.5. The Labute approximate surface area is 208 Å². The molecule has 7 nitrogen and oxygen atoms in total. The third-order valence-electron chi connectivity index (χ3n) is 6.52. The topological polar surface area (TPSA) is 65.8 Å². The van der Waals surface area contributed by atoms with Crippen molar-refractivity contribution in [2.24, 2.45) is 0 Å². The molecule has 0 aliphatic carbocycles. The molecule has 0 spiro atoms. The molecule has 2 saturated heterocycles. The summed E-state index contributed by atoms with van der Waals surface area (Å²) in [6, 6.07) is 13.1. The summed E-state index contributed by atoms with van der Waals surface area (Å²) in [6.45, 7) is 5.29. The minimum absolute atomic E-state index is 0.313. The van der Waals surface area contributed by atoms with Gasteiger partial charge in [-0.3, -0.25) is 9.58 Å². The number of hydrogen-bond donors (Lipinski definition) is 0. The molecule has 2 fully saturated rings. The summed E-state index contributed by atoms with van der Waals surface area (Å²) in [5.74, 6) is -0.410. The van der Waals surface area contributed by atoms with Crippen molar-refractivity contribution in [2.45, 2.75) is 25.0 Å². The number of ether oxygens (including phenoxy) is 3. The Morgan fingerprint density at radius 3 is 2.53 bits per heavy atom. The van der Waals surface area contributed by atoms with Crippen molar-refractivity contribution in [2.75, 3.05) is 46.1 Å². The van der Waals surface area contributed by atoms with E-state index in [4.69, 9.17) is 37.4 Å². The summed E-state index contributed by atoms with van der Waals surface area (Å²) >= 11 is 12.4. The van der Waals surface area contributed by atoms with E-state index < -0.39 is 11.6 Å². The van der Waals surface area contributed by atoms with Crippen molar-refractivity contribution in [3.05, 3.63) is 63.8 Å². The summed E-state index contributed by atoms with van der Waals surface area (Å²) in [4.78, 5) is 15.8. The molecule has 2 aromatic carbocycles. The number of fused-ring (bicyclic) bond motifs is 1. The molecule has 0 amide bonds. The molecule has 2 aliphatic heterocycles. The van der Waals surface area contributed by atoms with Crippen LogP contribution in [-0.2, 0) is 20.8 Å². The SMILES string of the molecule is O=C(OC1(CN2CCOCC2)CCOCC1)c1nn(Cc2ccc(Cl)cc2Cl)c2ccccc12. The van der Waals surface area contributed by atoms with E-state index in [0.717, 1.165) is 29.6 Å². The zero-order chi connectivity index (χ0) is 23.5. The molecule has 34 heavy (non-hydrogen) atoms. The lowest BCUT2D eigenvalue weighted by molar-refractivity contribution is -0.101. The fourth-order valence-electron chi connectivity index (χ4n) is 4.66. The van der Waals surface area contributed by atoms with Gasteiger partial charge in [-0.05, 0) is 23.8 Å². The molecule has 3 aromatic rings. The third-order valence-corrected chi connectivity index (χ3v) is 7.10. The highest BCUT2D eigenvalue weighted by molar-refractivity contribution is 6.35. The first-order valence-electron chi connectivity index (χ1n) is 11.5. The van der Waals surface area contributed by atoms with Crippen molar-refractivity contribution in [1.82, 2.24) is 14.7 Å². The number of carbonyl (C=O) groups is 1.